The maximum absolute atomic E-state index is 12.2. The number of carbonyl (C=O) groups is 1. The summed E-state index contributed by atoms with van der Waals surface area (Å²) in [7, 11) is 0. The van der Waals surface area contributed by atoms with Crippen molar-refractivity contribution in [1.82, 2.24) is 14.5 Å². The van der Waals surface area contributed by atoms with E-state index in [0.717, 1.165) is 23.5 Å². The van der Waals surface area contributed by atoms with Gasteiger partial charge in [0.1, 0.15) is 5.60 Å². The number of hydrogen-bond donors (Lipinski definition) is 0. The SMILES string of the molecule is CC(C)(C)OC(=O)N1CCn2c(/C=C/c3ccncc3)ccc2C1. The van der Waals surface area contributed by atoms with Gasteiger partial charge in [0, 0.05) is 36.9 Å². The van der Waals surface area contributed by atoms with Crippen molar-refractivity contribution >= 4 is 18.2 Å². The van der Waals surface area contributed by atoms with E-state index in [9.17, 15) is 4.79 Å². The van der Waals surface area contributed by atoms with Crippen molar-refractivity contribution < 1.29 is 9.53 Å². The lowest BCUT2D eigenvalue weighted by Crippen LogP contribution is -2.41. The molecule has 5 nitrogen and oxygen atoms in total. The lowest BCUT2D eigenvalue weighted by atomic mass is 10.2. The third-order valence-electron chi connectivity index (χ3n) is 3.86. The fourth-order valence-corrected chi connectivity index (χ4v) is 2.72. The van der Waals surface area contributed by atoms with E-state index in [0.29, 0.717) is 13.1 Å². The van der Waals surface area contributed by atoms with Gasteiger partial charge in [-0.2, -0.15) is 0 Å². The maximum Gasteiger partial charge on any atom is 0.410 e. The maximum atomic E-state index is 12.2. The molecule has 0 N–H and O–H groups in total. The fourth-order valence-electron chi connectivity index (χ4n) is 2.72. The second-order valence-electron chi connectivity index (χ2n) is 6.92. The van der Waals surface area contributed by atoms with Crippen LogP contribution in [0.3, 0.4) is 0 Å². The molecular weight excluding hydrogens is 302 g/mol. The molecule has 3 heterocycles. The van der Waals surface area contributed by atoms with Crippen molar-refractivity contribution in [2.24, 2.45) is 0 Å². The Bertz CT molecular complexity index is 742. The first-order chi connectivity index (χ1) is 11.4. The molecule has 5 heteroatoms. The van der Waals surface area contributed by atoms with Gasteiger partial charge in [-0.05, 0) is 56.7 Å². The molecule has 0 saturated heterocycles. The summed E-state index contributed by atoms with van der Waals surface area (Å²) < 4.78 is 7.71. The summed E-state index contributed by atoms with van der Waals surface area (Å²) >= 11 is 0. The molecule has 0 saturated carbocycles. The molecule has 24 heavy (non-hydrogen) atoms. The Morgan fingerprint density at radius 3 is 2.58 bits per heavy atom. The summed E-state index contributed by atoms with van der Waals surface area (Å²) in [6.07, 6.45) is 7.49. The first-order valence-corrected chi connectivity index (χ1v) is 8.17. The van der Waals surface area contributed by atoms with Crippen molar-refractivity contribution in [3.05, 3.63) is 53.6 Å². The predicted octanol–water partition coefficient (Wildman–Crippen LogP) is 3.80. The van der Waals surface area contributed by atoms with Crippen LogP contribution in [0.1, 0.15) is 37.7 Å². The molecule has 0 bridgehead atoms. The molecule has 126 valence electrons. The summed E-state index contributed by atoms with van der Waals surface area (Å²) in [5, 5.41) is 0. The number of carbonyl (C=O) groups excluding carboxylic acids is 1. The lowest BCUT2D eigenvalue weighted by Gasteiger charge is -2.31. The van der Waals surface area contributed by atoms with Crippen LogP contribution in [0.5, 0.6) is 0 Å². The molecule has 0 radical (unpaired) electrons. The zero-order valence-electron chi connectivity index (χ0n) is 14.4. The number of nitrogens with zero attached hydrogens (tertiary/aromatic N) is 3. The molecule has 1 amide bonds. The average Bonchev–Trinajstić information content (AvgIpc) is 2.94. The summed E-state index contributed by atoms with van der Waals surface area (Å²) in [6, 6.07) is 8.11. The monoisotopic (exact) mass is 325 g/mol. The van der Waals surface area contributed by atoms with Crippen LogP contribution in [0.25, 0.3) is 12.2 Å². The third-order valence-corrected chi connectivity index (χ3v) is 3.86. The largest absolute Gasteiger partial charge is 0.444 e. The summed E-state index contributed by atoms with van der Waals surface area (Å²) in [5.41, 5.74) is 2.92. The van der Waals surface area contributed by atoms with Gasteiger partial charge >= 0.3 is 6.09 Å². The molecule has 3 rings (SSSR count). The smallest absolute Gasteiger partial charge is 0.410 e. The zero-order valence-corrected chi connectivity index (χ0v) is 14.4. The minimum Gasteiger partial charge on any atom is -0.444 e. The van der Waals surface area contributed by atoms with E-state index in [1.54, 1.807) is 17.3 Å². The van der Waals surface area contributed by atoms with Crippen LogP contribution < -0.4 is 0 Å². The first kappa shape index (κ1) is 16.3. The van der Waals surface area contributed by atoms with Crippen molar-refractivity contribution in [1.29, 1.82) is 0 Å². The van der Waals surface area contributed by atoms with Crippen LogP contribution in [0.15, 0.2) is 36.7 Å². The van der Waals surface area contributed by atoms with E-state index in [2.05, 4.69) is 33.8 Å². The van der Waals surface area contributed by atoms with Gasteiger partial charge in [0.15, 0.2) is 0 Å². The number of pyridine rings is 1. The summed E-state index contributed by atoms with van der Waals surface area (Å²) in [6.45, 7) is 7.68. The molecule has 0 aliphatic carbocycles. The van der Waals surface area contributed by atoms with Gasteiger partial charge in [0.25, 0.3) is 0 Å². The lowest BCUT2D eigenvalue weighted by molar-refractivity contribution is 0.0199. The number of amides is 1. The molecule has 0 spiro atoms. The first-order valence-electron chi connectivity index (χ1n) is 8.17. The number of fused-ring (bicyclic) bond motifs is 1. The van der Waals surface area contributed by atoms with Gasteiger partial charge in [-0.15, -0.1) is 0 Å². The molecule has 0 atom stereocenters. The van der Waals surface area contributed by atoms with Gasteiger partial charge in [0.05, 0.1) is 6.54 Å². The van der Waals surface area contributed by atoms with Gasteiger partial charge < -0.3 is 14.2 Å². The molecule has 2 aromatic rings. The highest BCUT2D eigenvalue weighted by molar-refractivity contribution is 5.70. The van der Waals surface area contributed by atoms with Gasteiger partial charge in [0.2, 0.25) is 0 Å². The van der Waals surface area contributed by atoms with E-state index < -0.39 is 5.60 Å². The van der Waals surface area contributed by atoms with Crippen molar-refractivity contribution in [2.45, 2.75) is 39.5 Å². The fraction of sp³-hybridized carbons (Fsp3) is 0.368. The number of ether oxygens (including phenoxy) is 1. The number of rotatable bonds is 2. The normalized spacial score (nSPS) is 14.7. The Kier molecular flexibility index (Phi) is 4.42. The molecule has 0 unspecified atom stereocenters. The highest BCUT2D eigenvalue weighted by Gasteiger charge is 2.26. The minimum absolute atomic E-state index is 0.246. The van der Waals surface area contributed by atoms with E-state index in [1.165, 1.54) is 0 Å². The standard InChI is InChI=1S/C19H23N3O2/c1-19(2,3)24-18(23)21-12-13-22-16(6-7-17(22)14-21)5-4-15-8-10-20-11-9-15/h4-11H,12-14H2,1-3H3/b5-4+. The number of hydrogen-bond acceptors (Lipinski definition) is 3. The topological polar surface area (TPSA) is 47.4 Å². The van der Waals surface area contributed by atoms with E-state index >= 15 is 0 Å². The van der Waals surface area contributed by atoms with Crippen LogP contribution in [-0.4, -0.2) is 32.7 Å². The molecule has 2 aromatic heterocycles. The highest BCUT2D eigenvalue weighted by Crippen LogP contribution is 2.21. The Hall–Kier alpha value is -2.56. The van der Waals surface area contributed by atoms with Crippen LogP contribution in [-0.2, 0) is 17.8 Å². The molecular formula is C19H23N3O2. The van der Waals surface area contributed by atoms with Gasteiger partial charge in [-0.25, -0.2) is 4.79 Å². The Balaban J connectivity index is 1.70. The summed E-state index contributed by atoms with van der Waals surface area (Å²) in [4.78, 5) is 18.0. The van der Waals surface area contributed by atoms with E-state index in [1.807, 2.05) is 32.9 Å². The van der Waals surface area contributed by atoms with Crippen LogP contribution >= 0.6 is 0 Å². The van der Waals surface area contributed by atoms with Crippen molar-refractivity contribution in [2.75, 3.05) is 6.54 Å². The Morgan fingerprint density at radius 2 is 1.88 bits per heavy atom. The highest BCUT2D eigenvalue weighted by atomic mass is 16.6. The molecule has 0 aromatic carbocycles. The van der Waals surface area contributed by atoms with Crippen molar-refractivity contribution in [3.63, 3.8) is 0 Å². The Morgan fingerprint density at radius 1 is 1.12 bits per heavy atom. The van der Waals surface area contributed by atoms with Crippen molar-refractivity contribution in [3.8, 4) is 0 Å². The molecule has 1 aliphatic rings. The third kappa shape index (κ3) is 3.85. The van der Waals surface area contributed by atoms with Gasteiger partial charge in [-0.1, -0.05) is 6.08 Å². The minimum atomic E-state index is -0.463. The molecule has 1 aliphatic heterocycles. The van der Waals surface area contributed by atoms with Crippen LogP contribution in [0.2, 0.25) is 0 Å². The second kappa shape index (κ2) is 6.51. The molecule has 0 fully saturated rings. The predicted molar refractivity (Wildman–Crippen MR) is 94.2 cm³/mol. The second-order valence-corrected chi connectivity index (χ2v) is 6.92. The van der Waals surface area contributed by atoms with E-state index in [-0.39, 0.29) is 6.09 Å². The zero-order chi connectivity index (χ0) is 17.2. The average molecular weight is 325 g/mol. The van der Waals surface area contributed by atoms with Gasteiger partial charge in [-0.3, -0.25) is 4.98 Å². The van der Waals surface area contributed by atoms with Crippen LogP contribution in [0, 0.1) is 0 Å². The van der Waals surface area contributed by atoms with E-state index in [4.69, 9.17) is 4.74 Å². The Labute approximate surface area is 142 Å². The quantitative estimate of drug-likeness (QED) is 0.843. The summed E-state index contributed by atoms with van der Waals surface area (Å²) in [5.74, 6) is 0. The van der Waals surface area contributed by atoms with Crippen LogP contribution in [0.4, 0.5) is 4.79 Å². The number of aromatic nitrogens is 2.